The lowest BCUT2D eigenvalue weighted by molar-refractivity contribution is 0.158. The summed E-state index contributed by atoms with van der Waals surface area (Å²) in [6.45, 7) is 7.16. The predicted molar refractivity (Wildman–Crippen MR) is 85.9 cm³/mol. The molecule has 3 rings (SSSR count). The van der Waals surface area contributed by atoms with Gasteiger partial charge in [-0.25, -0.2) is 9.99 Å². The minimum atomic E-state index is 0.382. The van der Waals surface area contributed by atoms with Gasteiger partial charge in [0.2, 0.25) is 0 Å². The molecule has 1 unspecified atom stereocenters. The van der Waals surface area contributed by atoms with Gasteiger partial charge in [-0.05, 0) is 24.5 Å². The van der Waals surface area contributed by atoms with Crippen LogP contribution in [0.3, 0.4) is 0 Å². The first-order chi connectivity index (χ1) is 10.1. The van der Waals surface area contributed by atoms with E-state index in [2.05, 4.69) is 23.7 Å². The summed E-state index contributed by atoms with van der Waals surface area (Å²) in [5, 5.41) is 1.98. The van der Waals surface area contributed by atoms with Gasteiger partial charge < -0.3 is 4.90 Å². The van der Waals surface area contributed by atoms with E-state index < -0.39 is 0 Å². The minimum Gasteiger partial charge on any atom is -0.352 e. The number of benzene rings is 1. The fourth-order valence-corrected chi connectivity index (χ4v) is 2.93. The molecule has 21 heavy (non-hydrogen) atoms. The van der Waals surface area contributed by atoms with Crippen LogP contribution in [0.4, 0.5) is 5.82 Å². The Morgan fingerprint density at radius 1 is 1.24 bits per heavy atom. The lowest BCUT2D eigenvalue weighted by Gasteiger charge is -2.40. The van der Waals surface area contributed by atoms with Gasteiger partial charge in [0.25, 0.3) is 0 Å². The number of nitrogens with two attached hydrogens (primary N) is 1. The second kappa shape index (κ2) is 5.95. The van der Waals surface area contributed by atoms with Gasteiger partial charge in [-0.2, -0.15) is 0 Å². The van der Waals surface area contributed by atoms with Gasteiger partial charge in [0, 0.05) is 25.7 Å². The van der Waals surface area contributed by atoms with Crippen molar-refractivity contribution in [1.82, 2.24) is 15.0 Å². The molecule has 1 aliphatic heterocycles. The molecule has 1 aliphatic rings. The van der Waals surface area contributed by atoms with Crippen molar-refractivity contribution < 1.29 is 0 Å². The zero-order chi connectivity index (χ0) is 14.8. The van der Waals surface area contributed by atoms with Gasteiger partial charge in [0.1, 0.15) is 5.82 Å². The van der Waals surface area contributed by atoms with Crippen molar-refractivity contribution in [3.05, 3.63) is 30.5 Å². The third-order valence-electron chi connectivity index (χ3n) is 4.03. The first kappa shape index (κ1) is 14.2. The summed E-state index contributed by atoms with van der Waals surface area (Å²) in [6.07, 6.45) is 2.98. The molecular weight excluding hydrogens is 262 g/mol. The SMILES string of the molecule is CC(C)CC1CN(c2cnc3ccccc3n2)CCN1N. The number of hydrogen-bond donors (Lipinski definition) is 1. The number of rotatable bonds is 3. The lowest BCUT2D eigenvalue weighted by Crippen LogP contribution is -2.56. The van der Waals surface area contributed by atoms with Crippen LogP contribution in [0.1, 0.15) is 20.3 Å². The Labute approximate surface area is 125 Å². The second-order valence-corrected chi connectivity index (χ2v) is 6.18. The Morgan fingerprint density at radius 2 is 2.00 bits per heavy atom. The monoisotopic (exact) mass is 285 g/mol. The quantitative estimate of drug-likeness (QED) is 0.875. The van der Waals surface area contributed by atoms with Crippen LogP contribution in [0, 0.1) is 5.92 Å². The standard InChI is InChI=1S/C16H23N5/c1-12(2)9-13-11-20(7-8-21(13)17)16-10-18-14-5-3-4-6-15(14)19-16/h3-6,10,12-13H,7-9,11,17H2,1-2H3. The van der Waals surface area contributed by atoms with E-state index in [0.29, 0.717) is 12.0 Å². The summed E-state index contributed by atoms with van der Waals surface area (Å²) in [5.74, 6) is 7.73. The van der Waals surface area contributed by atoms with Gasteiger partial charge >= 0.3 is 0 Å². The Bertz CT molecular complexity index is 612. The predicted octanol–water partition coefficient (Wildman–Crippen LogP) is 2.04. The maximum Gasteiger partial charge on any atom is 0.147 e. The zero-order valence-corrected chi connectivity index (χ0v) is 12.7. The van der Waals surface area contributed by atoms with Crippen molar-refractivity contribution in [2.24, 2.45) is 11.8 Å². The number of aromatic nitrogens is 2. The van der Waals surface area contributed by atoms with Crippen LogP contribution in [0.15, 0.2) is 30.5 Å². The Balaban J connectivity index is 1.81. The van der Waals surface area contributed by atoms with Crippen LogP contribution >= 0.6 is 0 Å². The fraction of sp³-hybridized carbons (Fsp3) is 0.500. The van der Waals surface area contributed by atoms with E-state index in [1.54, 1.807) is 0 Å². The molecule has 112 valence electrons. The number of para-hydroxylation sites is 2. The van der Waals surface area contributed by atoms with Crippen molar-refractivity contribution in [2.75, 3.05) is 24.5 Å². The molecule has 0 saturated carbocycles. The highest BCUT2D eigenvalue weighted by Crippen LogP contribution is 2.20. The third kappa shape index (κ3) is 3.14. The highest BCUT2D eigenvalue weighted by Gasteiger charge is 2.26. The van der Waals surface area contributed by atoms with Crippen LogP contribution in [0.25, 0.3) is 11.0 Å². The van der Waals surface area contributed by atoms with E-state index in [1.807, 2.05) is 35.5 Å². The maximum absolute atomic E-state index is 6.13. The molecule has 1 aromatic heterocycles. The summed E-state index contributed by atoms with van der Waals surface area (Å²) in [4.78, 5) is 11.6. The highest BCUT2D eigenvalue weighted by molar-refractivity contribution is 5.75. The van der Waals surface area contributed by atoms with E-state index >= 15 is 0 Å². The molecule has 0 spiro atoms. The first-order valence-electron chi connectivity index (χ1n) is 7.61. The van der Waals surface area contributed by atoms with E-state index in [0.717, 1.165) is 42.9 Å². The summed E-state index contributed by atoms with van der Waals surface area (Å²) >= 11 is 0. The molecule has 1 saturated heterocycles. The smallest absolute Gasteiger partial charge is 0.147 e. The molecule has 1 atom stereocenters. The molecule has 0 radical (unpaired) electrons. The molecule has 2 aromatic rings. The lowest BCUT2D eigenvalue weighted by atomic mass is 10.0. The van der Waals surface area contributed by atoms with Gasteiger partial charge in [-0.1, -0.05) is 26.0 Å². The largest absolute Gasteiger partial charge is 0.352 e. The Kier molecular flexibility index (Phi) is 4.03. The van der Waals surface area contributed by atoms with Crippen molar-refractivity contribution in [1.29, 1.82) is 0 Å². The third-order valence-corrected chi connectivity index (χ3v) is 4.03. The van der Waals surface area contributed by atoms with Gasteiger partial charge in [-0.15, -0.1) is 0 Å². The minimum absolute atomic E-state index is 0.382. The molecule has 1 fully saturated rings. The molecular formula is C16H23N5. The van der Waals surface area contributed by atoms with Crippen molar-refractivity contribution >= 4 is 16.9 Å². The van der Waals surface area contributed by atoms with Gasteiger partial charge in [0.15, 0.2) is 0 Å². The van der Waals surface area contributed by atoms with Crippen molar-refractivity contribution in [3.8, 4) is 0 Å². The summed E-state index contributed by atoms with van der Waals surface area (Å²) < 4.78 is 0. The van der Waals surface area contributed by atoms with Crippen molar-refractivity contribution in [2.45, 2.75) is 26.3 Å². The molecule has 2 heterocycles. The molecule has 0 aliphatic carbocycles. The number of piperazine rings is 1. The Morgan fingerprint density at radius 3 is 2.76 bits per heavy atom. The maximum atomic E-state index is 6.13. The van der Waals surface area contributed by atoms with Crippen LogP contribution in [-0.2, 0) is 0 Å². The molecule has 0 bridgehead atoms. The van der Waals surface area contributed by atoms with Crippen LogP contribution in [0.2, 0.25) is 0 Å². The number of hydrogen-bond acceptors (Lipinski definition) is 5. The number of anilines is 1. The molecule has 5 nitrogen and oxygen atoms in total. The number of nitrogens with zero attached hydrogens (tertiary/aromatic N) is 4. The Hall–Kier alpha value is -1.72. The molecule has 0 amide bonds. The zero-order valence-electron chi connectivity index (χ0n) is 12.7. The van der Waals surface area contributed by atoms with E-state index in [9.17, 15) is 0 Å². The first-order valence-corrected chi connectivity index (χ1v) is 7.61. The number of fused-ring (bicyclic) bond motifs is 1. The highest BCUT2D eigenvalue weighted by atomic mass is 15.5. The van der Waals surface area contributed by atoms with E-state index in [4.69, 9.17) is 10.8 Å². The van der Waals surface area contributed by atoms with Crippen LogP contribution in [-0.4, -0.2) is 40.7 Å². The summed E-state index contributed by atoms with van der Waals surface area (Å²) in [7, 11) is 0. The molecule has 5 heteroatoms. The summed E-state index contributed by atoms with van der Waals surface area (Å²) in [5.41, 5.74) is 1.89. The van der Waals surface area contributed by atoms with E-state index in [-0.39, 0.29) is 0 Å². The second-order valence-electron chi connectivity index (χ2n) is 6.18. The van der Waals surface area contributed by atoms with Gasteiger partial charge in [-0.3, -0.25) is 10.8 Å². The van der Waals surface area contributed by atoms with Gasteiger partial charge in [0.05, 0.1) is 17.2 Å². The normalized spacial score (nSPS) is 20.4. The van der Waals surface area contributed by atoms with Crippen LogP contribution < -0.4 is 10.7 Å². The fourth-order valence-electron chi connectivity index (χ4n) is 2.93. The number of hydrazine groups is 1. The average molecular weight is 285 g/mol. The van der Waals surface area contributed by atoms with E-state index in [1.165, 1.54) is 0 Å². The molecule has 1 aromatic carbocycles. The van der Waals surface area contributed by atoms with Crippen LogP contribution in [0.5, 0.6) is 0 Å². The van der Waals surface area contributed by atoms with Crippen molar-refractivity contribution in [3.63, 3.8) is 0 Å². The summed E-state index contributed by atoms with van der Waals surface area (Å²) in [6, 6.07) is 8.37. The average Bonchev–Trinajstić information content (AvgIpc) is 2.48. The topological polar surface area (TPSA) is 58.3 Å². The molecule has 2 N–H and O–H groups in total.